The molecule has 0 amide bonds. The maximum absolute atomic E-state index is 11.0. The topological polar surface area (TPSA) is 58.6 Å². The lowest BCUT2D eigenvalue weighted by molar-refractivity contribution is -0.137. The lowest BCUT2D eigenvalue weighted by atomic mass is 10.0. The fourth-order valence-corrected chi connectivity index (χ4v) is 2.33. The van der Waals surface area contributed by atoms with E-state index in [0.717, 1.165) is 30.7 Å². The molecule has 0 aromatic heterocycles. The van der Waals surface area contributed by atoms with Gasteiger partial charge in [0.1, 0.15) is 5.75 Å². The minimum absolute atomic E-state index is 0.0162. The molecule has 21 heavy (non-hydrogen) atoms. The van der Waals surface area contributed by atoms with E-state index in [-0.39, 0.29) is 12.5 Å². The molecular formula is C17H27NO3. The summed E-state index contributed by atoms with van der Waals surface area (Å²) >= 11 is 0. The average molecular weight is 293 g/mol. The number of carboxylic acid groups (broad SMARTS) is 1. The van der Waals surface area contributed by atoms with Crippen molar-refractivity contribution in [3.63, 3.8) is 0 Å². The zero-order valence-electron chi connectivity index (χ0n) is 13.1. The maximum Gasteiger partial charge on any atom is 0.304 e. The quantitative estimate of drug-likeness (QED) is 0.615. The van der Waals surface area contributed by atoms with Gasteiger partial charge in [-0.25, -0.2) is 0 Å². The third kappa shape index (κ3) is 7.71. The minimum Gasteiger partial charge on any atom is -0.497 e. The Hall–Kier alpha value is -1.55. The molecule has 0 radical (unpaired) electrons. The monoisotopic (exact) mass is 293 g/mol. The summed E-state index contributed by atoms with van der Waals surface area (Å²) in [6.45, 7) is 3.07. The van der Waals surface area contributed by atoms with Gasteiger partial charge in [-0.3, -0.25) is 4.79 Å². The van der Waals surface area contributed by atoms with E-state index in [2.05, 4.69) is 12.2 Å². The van der Waals surface area contributed by atoms with Crippen LogP contribution in [0.3, 0.4) is 0 Å². The lowest BCUT2D eigenvalue weighted by Gasteiger charge is -2.17. The molecule has 1 rings (SSSR count). The van der Waals surface area contributed by atoms with Gasteiger partial charge >= 0.3 is 5.97 Å². The molecule has 4 heteroatoms. The first-order valence-corrected chi connectivity index (χ1v) is 7.73. The van der Waals surface area contributed by atoms with Gasteiger partial charge in [0.15, 0.2) is 0 Å². The average Bonchev–Trinajstić information content (AvgIpc) is 2.47. The smallest absolute Gasteiger partial charge is 0.304 e. The van der Waals surface area contributed by atoms with Gasteiger partial charge in [0.25, 0.3) is 0 Å². The van der Waals surface area contributed by atoms with Gasteiger partial charge in [0.2, 0.25) is 0 Å². The molecule has 118 valence electrons. The fourth-order valence-electron chi connectivity index (χ4n) is 2.33. The van der Waals surface area contributed by atoms with Crippen molar-refractivity contribution >= 4 is 5.97 Å². The summed E-state index contributed by atoms with van der Waals surface area (Å²) in [7, 11) is 1.64. The molecule has 0 aliphatic heterocycles. The van der Waals surface area contributed by atoms with Crippen molar-refractivity contribution in [3.8, 4) is 5.75 Å². The summed E-state index contributed by atoms with van der Waals surface area (Å²) in [5.74, 6) is 0.0654. The zero-order valence-corrected chi connectivity index (χ0v) is 13.1. The molecule has 0 aliphatic rings. The number of carboxylic acids is 1. The second-order valence-electron chi connectivity index (χ2n) is 5.36. The molecule has 2 N–H and O–H groups in total. The Morgan fingerprint density at radius 2 is 1.95 bits per heavy atom. The Kier molecular flexibility index (Phi) is 8.51. The number of nitrogens with one attached hydrogen (secondary N) is 1. The van der Waals surface area contributed by atoms with Crippen LogP contribution in [0.25, 0.3) is 0 Å². The number of benzene rings is 1. The van der Waals surface area contributed by atoms with Crippen molar-refractivity contribution in [2.24, 2.45) is 0 Å². The number of ether oxygens (including phenoxy) is 1. The van der Waals surface area contributed by atoms with E-state index in [1.54, 1.807) is 7.11 Å². The van der Waals surface area contributed by atoms with Gasteiger partial charge in [0, 0.05) is 6.04 Å². The summed E-state index contributed by atoms with van der Waals surface area (Å²) in [5.41, 5.74) is 1.13. The minimum atomic E-state index is -0.755. The second-order valence-corrected chi connectivity index (χ2v) is 5.36. The van der Waals surface area contributed by atoms with E-state index in [1.165, 1.54) is 19.3 Å². The van der Waals surface area contributed by atoms with E-state index >= 15 is 0 Å². The highest BCUT2D eigenvalue weighted by Gasteiger charge is 2.13. The summed E-state index contributed by atoms with van der Waals surface area (Å²) < 4.78 is 5.13. The first kappa shape index (κ1) is 17.5. The van der Waals surface area contributed by atoms with Crippen molar-refractivity contribution in [2.45, 2.75) is 51.5 Å². The van der Waals surface area contributed by atoms with Crippen LogP contribution < -0.4 is 10.1 Å². The molecule has 0 saturated carbocycles. The van der Waals surface area contributed by atoms with Crippen LogP contribution in [-0.2, 0) is 11.2 Å². The molecule has 1 aromatic carbocycles. The van der Waals surface area contributed by atoms with Crippen LogP contribution in [0.2, 0.25) is 0 Å². The first-order chi connectivity index (χ1) is 10.2. The van der Waals surface area contributed by atoms with Crippen molar-refractivity contribution < 1.29 is 14.6 Å². The molecular weight excluding hydrogens is 266 g/mol. The zero-order chi connectivity index (χ0) is 15.5. The Morgan fingerprint density at radius 3 is 2.52 bits per heavy atom. The molecule has 4 nitrogen and oxygen atoms in total. The Bertz CT molecular complexity index is 403. The standard InChI is InChI=1S/C17H27NO3/c1-3-4-5-6-11-18-15(13-17(19)20)12-14-7-9-16(21-2)10-8-14/h7-10,15,18H,3-6,11-13H2,1-2H3,(H,19,20). The summed E-state index contributed by atoms with van der Waals surface area (Å²) in [6, 6.07) is 7.79. The Morgan fingerprint density at radius 1 is 1.24 bits per heavy atom. The Balaban J connectivity index is 2.45. The molecule has 0 heterocycles. The van der Waals surface area contributed by atoms with Crippen LogP contribution >= 0.6 is 0 Å². The number of hydrogen-bond acceptors (Lipinski definition) is 3. The van der Waals surface area contributed by atoms with Crippen LogP contribution in [0.5, 0.6) is 5.75 Å². The van der Waals surface area contributed by atoms with Gasteiger partial charge < -0.3 is 15.2 Å². The van der Waals surface area contributed by atoms with Crippen LogP contribution in [0.1, 0.15) is 44.6 Å². The molecule has 1 atom stereocenters. The van der Waals surface area contributed by atoms with E-state index in [1.807, 2.05) is 24.3 Å². The number of hydrogen-bond donors (Lipinski definition) is 2. The van der Waals surface area contributed by atoms with E-state index in [0.29, 0.717) is 0 Å². The molecule has 1 unspecified atom stereocenters. The van der Waals surface area contributed by atoms with Crippen molar-refractivity contribution in [2.75, 3.05) is 13.7 Å². The van der Waals surface area contributed by atoms with Gasteiger partial charge in [-0.05, 0) is 37.1 Å². The maximum atomic E-state index is 11.0. The van der Waals surface area contributed by atoms with E-state index in [9.17, 15) is 4.79 Å². The highest BCUT2D eigenvalue weighted by atomic mass is 16.5. The van der Waals surface area contributed by atoms with Crippen LogP contribution in [0, 0.1) is 0 Å². The molecule has 0 aliphatic carbocycles. The van der Waals surface area contributed by atoms with Crippen LogP contribution in [-0.4, -0.2) is 30.8 Å². The number of methoxy groups -OCH3 is 1. The van der Waals surface area contributed by atoms with Gasteiger partial charge in [-0.15, -0.1) is 0 Å². The normalized spacial score (nSPS) is 12.1. The van der Waals surface area contributed by atoms with Gasteiger partial charge in [-0.2, -0.15) is 0 Å². The molecule has 1 aromatic rings. The van der Waals surface area contributed by atoms with Crippen molar-refractivity contribution in [3.05, 3.63) is 29.8 Å². The number of aliphatic carboxylic acids is 1. The predicted octanol–water partition coefficient (Wildman–Crippen LogP) is 3.25. The number of carbonyl (C=O) groups is 1. The van der Waals surface area contributed by atoms with Crippen molar-refractivity contribution in [1.29, 1.82) is 0 Å². The third-order valence-electron chi connectivity index (χ3n) is 3.53. The third-order valence-corrected chi connectivity index (χ3v) is 3.53. The van der Waals surface area contributed by atoms with E-state index in [4.69, 9.17) is 9.84 Å². The van der Waals surface area contributed by atoms with Crippen molar-refractivity contribution in [1.82, 2.24) is 5.32 Å². The van der Waals surface area contributed by atoms with E-state index < -0.39 is 5.97 Å². The highest BCUT2D eigenvalue weighted by Crippen LogP contribution is 2.13. The van der Waals surface area contributed by atoms with Gasteiger partial charge in [-0.1, -0.05) is 38.3 Å². The summed E-state index contributed by atoms with van der Waals surface area (Å²) in [4.78, 5) is 11.0. The summed E-state index contributed by atoms with van der Waals surface area (Å²) in [6.07, 6.45) is 5.64. The first-order valence-electron chi connectivity index (χ1n) is 7.73. The van der Waals surface area contributed by atoms with Gasteiger partial charge in [0.05, 0.1) is 13.5 Å². The highest BCUT2D eigenvalue weighted by molar-refractivity contribution is 5.67. The summed E-state index contributed by atoms with van der Waals surface area (Å²) in [5, 5.41) is 12.4. The number of rotatable bonds is 11. The van der Waals surface area contributed by atoms with Crippen LogP contribution in [0.15, 0.2) is 24.3 Å². The largest absolute Gasteiger partial charge is 0.497 e. The molecule has 0 saturated heterocycles. The predicted molar refractivity (Wildman–Crippen MR) is 84.9 cm³/mol. The molecule has 0 fully saturated rings. The Labute approximate surface area is 127 Å². The van der Waals surface area contributed by atoms with Crippen LogP contribution in [0.4, 0.5) is 0 Å². The lowest BCUT2D eigenvalue weighted by Crippen LogP contribution is -2.34. The second kappa shape index (κ2) is 10.2. The SMILES string of the molecule is CCCCCCNC(CC(=O)O)Cc1ccc(OC)cc1. The molecule has 0 bridgehead atoms. The molecule has 0 spiro atoms. The fraction of sp³-hybridized carbons (Fsp3) is 0.588. The number of unbranched alkanes of at least 4 members (excludes halogenated alkanes) is 3.